The number of hydrogen-bond acceptors (Lipinski definition) is 5. The van der Waals surface area contributed by atoms with Crippen LogP contribution in [0, 0.1) is 5.82 Å². The highest BCUT2D eigenvalue weighted by Crippen LogP contribution is 2.29. The maximum absolute atomic E-state index is 13.9. The Morgan fingerprint density at radius 2 is 2.00 bits per heavy atom. The zero-order valence-electron chi connectivity index (χ0n) is 13.9. The number of nitrogen functional groups attached to an aromatic ring is 1. The van der Waals surface area contributed by atoms with Crippen LogP contribution in [0.3, 0.4) is 0 Å². The van der Waals surface area contributed by atoms with E-state index in [0.29, 0.717) is 36.1 Å². The zero-order chi connectivity index (χ0) is 19.1. The first kappa shape index (κ1) is 17.7. The number of benzene rings is 1. The number of amides is 1. The van der Waals surface area contributed by atoms with Crippen molar-refractivity contribution < 1.29 is 9.18 Å². The fourth-order valence-electron chi connectivity index (χ4n) is 2.95. The molecule has 0 saturated heterocycles. The minimum atomic E-state index is -0.806. The van der Waals surface area contributed by atoms with Gasteiger partial charge in [0.05, 0.1) is 22.2 Å². The normalized spacial score (nSPS) is 13.5. The molecule has 1 aliphatic rings. The predicted molar refractivity (Wildman–Crippen MR) is 98.8 cm³/mol. The molecule has 7 nitrogen and oxygen atoms in total. The zero-order valence-corrected chi connectivity index (χ0v) is 15.4. The average molecular weight is 407 g/mol. The highest BCUT2D eigenvalue weighted by molar-refractivity contribution is 6.37. The number of nitrogens with zero attached hydrogens (tertiary/aromatic N) is 5. The Bertz CT molecular complexity index is 1050. The molecule has 0 atom stereocenters. The van der Waals surface area contributed by atoms with Crippen LogP contribution in [0.2, 0.25) is 10.0 Å². The van der Waals surface area contributed by atoms with Gasteiger partial charge in [0.1, 0.15) is 5.69 Å². The van der Waals surface area contributed by atoms with Crippen molar-refractivity contribution in [2.75, 3.05) is 12.3 Å². The fourth-order valence-corrected chi connectivity index (χ4v) is 3.40. The van der Waals surface area contributed by atoms with Gasteiger partial charge in [-0.15, -0.1) is 10.2 Å². The van der Waals surface area contributed by atoms with E-state index in [0.717, 1.165) is 0 Å². The van der Waals surface area contributed by atoms with Crippen LogP contribution in [0.4, 0.5) is 10.1 Å². The molecule has 4 rings (SSSR count). The van der Waals surface area contributed by atoms with Crippen molar-refractivity contribution in [3.8, 4) is 11.5 Å². The lowest BCUT2D eigenvalue weighted by molar-refractivity contribution is 0.0707. The Morgan fingerprint density at radius 1 is 1.19 bits per heavy atom. The molecule has 0 aliphatic carbocycles. The molecule has 0 saturated carbocycles. The SMILES string of the molecule is Nc1ccnc(-c2nnc3n2CCN(C(=O)c2ccc(Cl)c(F)c2Cl)C3)c1. The number of fused-ring (bicyclic) bond motifs is 1. The van der Waals surface area contributed by atoms with E-state index >= 15 is 0 Å². The largest absolute Gasteiger partial charge is 0.399 e. The molecule has 0 spiro atoms. The molecule has 3 heterocycles. The summed E-state index contributed by atoms with van der Waals surface area (Å²) in [5.74, 6) is -0.0211. The van der Waals surface area contributed by atoms with Gasteiger partial charge in [0, 0.05) is 25.0 Å². The summed E-state index contributed by atoms with van der Waals surface area (Å²) in [5.41, 5.74) is 7.04. The third-order valence-electron chi connectivity index (χ3n) is 4.32. The number of pyridine rings is 1. The number of aromatic nitrogens is 4. The van der Waals surface area contributed by atoms with Gasteiger partial charge in [0.2, 0.25) is 0 Å². The Kier molecular flexibility index (Phi) is 4.45. The van der Waals surface area contributed by atoms with Crippen molar-refractivity contribution in [1.82, 2.24) is 24.6 Å². The van der Waals surface area contributed by atoms with Gasteiger partial charge in [-0.2, -0.15) is 0 Å². The summed E-state index contributed by atoms with van der Waals surface area (Å²) in [4.78, 5) is 18.6. The Balaban J connectivity index is 1.61. The maximum Gasteiger partial charge on any atom is 0.255 e. The van der Waals surface area contributed by atoms with E-state index in [4.69, 9.17) is 28.9 Å². The third kappa shape index (κ3) is 3.11. The van der Waals surface area contributed by atoms with Crippen LogP contribution in [0.1, 0.15) is 16.2 Å². The van der Waals surface area contributed by atoms with Gasteiger partial charge >= 0.3 is 0 Å². The Hall–Kier alpha value is -2.71. The van der Waals surface area contributed by atoms with Crippen LogP contribution in [0.25, 0.3) is 11.5 Å². The summed E-state index contributed by atoms with van der Waals surface area (Å²) in [6, 6.07) is 6.13. The molecule has 2 aromatic heterocycles. The van der Waals surface area contributed by atoms with E-state index in [9.17, 15) is 9.18 Å². The number of rotatable bonds is 2. The van der Waals surface area contributed by atoms with Crippen molar-refractivity contribution in [2.45, 2.75) is 13.1 Å². The van der Waals surface area contributed by atoms with Crippen LogP contribution >= 0.6 is 23.2 Å². The molecule has 138 valence electrons. The van der Waals surface area contributed by atoms with Crippen molar-refractivity contribution >= 4 is 34.8 Å². The molecule has 0 bridgehead atoms. The van der Waals surface area contributed by atoms with Gasteiger partial charge in [-0.3, -0.25) is 9.78 Å². The summed E-state index contributed by atoms with van der Waals surface area (Å²) < 4.78 is 15.8. The molecule has 1 amide bonds. The molecule has 2 N–H and O–H groups in total. The van der Waals surface area contributed by atoms with Crippen LogP contribution < -0.4 is 5.73 Å². The second-order valence-corrected chi connectivity index (χ2v) is 6.80. The van der Waals surface area contributed by atoms with Crippen molar-refractivity contribution in [3.63, 3.8) is 0 Å². The highest BCUT2D eigenvalue weighted by Gasteiger charge is 2.28. The van der Waals surface area contributed by atoms with Gasteiger partial charge < -0.3 is 15.2 Å². The minimum Gasteiger partial charge on any atom is -0.399 e. The number of anilines is 1. The lowest BCUT2D eigenvalue weighted by Gasteiger charge is -2.28. The quantitative estimate of drug-likeness (QED) is 0.660. The molecule has 10 heteroatoms. The molecule has 0 radical (unpaired) electrons. The van der Waals surface area contributed by atoms with E-state index in [1.54, 1.807) is 18.3 Å². The topological polar surface area (TPSA) is 89.9 Å². The summed E-state index contributed by atoms with van der Waals surface area (Å²) in [5, 5.41) is 7.91. The highest BCUT2D eigenvalue weighted by atomic mass is 35.5. The van der Waals surface area contributed by atoms with Gasteiger partial charge in [-0.05, 0) is 24.3 Å². The molecule has 1 aliphatic heterocycles. The summed E-state index contributed by atoms with van der Waals surface area (Å²) in [7, 11) is 0. The van der Waals surface area contributed by atoms with Crippen LogP contribution in [0.15, 0.2) is 30.5 Å². The lowest BCUT2D eigenvalue weighted by Crippen LogP contribution is -2.38. The maximum atomic E-state index is 13.9. The summed E-state index contributed by atoms with van der Waals surface area (Å²) in [6.07, 6.45) is 1.60. The van der Waals surface area contributed by atoms with E-state index in [1.807, 2.05) is 4.57 Å². The first-order valence-electron chi connectivity index (χ1n) is 8.02. The van der Waals surface area contributed by atoms with E-state index in [-0.39, 0.29) is 22.2 Å². The van der Waals surface area contributed by atoms with E-state index in [1.165, 1.54) is 17.0 Å². The number of carbonyl (C=O) groups excluding carboxylic acids is 1. The van der Waals surface area contributed by atoms with Crippen LogP contribution in [0.5, 0.6) is 0 Å². The summed E-state index contributed by atoms with van der Waals surface area (Å²) >= 11 is 11.6. The smallest absolute Gasteiger partial charge is 0.255 e. The molecule has 1 aromatic carbocycles. The Labute approximate surface area is 163 Å². The number of carbonyl (C=O) groups is 1. The van der Waals surface area contributed by atoms with Crippen LogP contribution in [-0.4, -0.2) is 37.1 Å². The predicted octanol–water partition coefficient (Wildman–Crippen LogP) is 3.02. The van der Waals surface area contributed by atoms with E-state index < -0.39 is 11.7 Å². The lowest BCUT2D eigenvalue weighted by atomic mass is 10.1. The van der Waals surface area contributed by atoms with Gasteiger partial charge in [0.25, 0.3) is 5.91 Å². The van der Waals surface area contributed by atoms with Gasteiger partial charge in [-0.1, -0.05) is 23.2 Å². The van der Waals surface area contributed by atoms with Crippen molar-refractivity contribution in [1.29, 1.82) is 0 Å². The first-order chi connectivity index (χ1) is 13.0. The molecular formula is C17H13Cl2FN6O. The standard InChI is InChI=1S/C17H13Cl2FN6O/c18-11-2-1-10(14(19)15(11)20)17(27)25-5-6-26-13(8-25)23-24-16(26)12-7-9(21)3-4-22-12/h1-4,7H,5-6,8H2,(H2,21,22). The van der Waals surface area contributed by atoms with Gasteiger partial charge in [0.15, 0.2) is 17.5 Å². The number of halogens is 3. The van der Waals surface area contributed by atoms with E-state index in [2.05, 4.69) is 15.2 Å². The second kappa shape index (κ2) is 6.79. The molecule has 3 aromatic rings. The third-order valence-corrected chi connectivity index (χ3v) is 4.98. The van der Waals surface area contributed by atoms with Crippen molar-refractivity contribution in [3.05, 3.63) is 57.7 Å². The average Bonchev–Trinajstić information content (AvgIpc) is 3.09. The molecule has 0 fully saturated rings. The minimum absolute atomic E-state index is 0.0595. The molecule has 0 unspecified atom stereocenters. The van der Waals surface area contributed by atoms with Gasteiger partial charge in [-0.25, -0.2) is 4.39 Å². The Morgan fingerprint density at radius 3 is 2.78 bits per heavy atom. The van der Waals surface area contributed by atoms with Crippen LogP contribution in [-0.2, 0) is 13.1 Å². The molecular weight excluding hydrogens is 394 g/mol. The summed E-state index contributed by atoms with van der Waals surface area (Å²) in [6.45, 7) is 1.07. The molecule has 27 heavy (non-hydrogen) atoms. The number of hydrogen-bond donors (Lipinski definition) is 1. The van der Waals surface area contributed by atoms with Crippen molar-refractivity contribution in [2.24, 2.45) is 0 Å². The fraction of sp³-hybridized carbons (Fsp3) is 0.176. The first-order valence-corrected chi connectivity index (χ1v) is 8.78. The monoisotopic (exact) mass is 406 g/mol. The number of nitrogens with two attached hydrogens (primary N) is 1. The second-order valence-electron chi connectivity index (χ2n) is 6.02.